The molecule has 0 saturated heterocycles. The van der Waals surface area contributed by atoms with Gasteiger partial charge in [-0.25, -0.2) is 4.79 Å². The van der Waals surface area contributed by atoms with E-state index in [1.165, 1.54) is 6.42 Å². The third-order valence-electron chi connectivity index (χ3n) is 4.78. The van der Waals surface area contributed by atoms with Crippen LogP contribution in [0.4, 0.5) is 4.79 Å². The predicted molar refractivity (Wildman–Crippen MR) is 89.7 cm³/mol. The Morgan fingerprint density at radius 1 is 1.08 bits per heavy atom. The Morgan fingerprint density at radius 2 is 1.72 bits per heavy atom. The van der Waals surface area contributed by atoms with Crippen molar-refractivity contribution < 1.29 is 28.6 Å². The van der Waals surface area contributed by atoms with E-state index >= 15 is 0 Å². The van der Waals surface area contributed by atoms with E-state index in [-0.39, 0.29) is 31.8 Å². The molecular formula is C18H27NO6. The zero-order valence-corrected chi connectivity index (χ0v) is 14.8. The molecule has 0 aliphatic heterocycles. The standard InChI is InChI=1S/C18H27NO6/c1-3-13-12-18(13,15(20)23-4-2)16(21)24-10-11-25-17(22)19-14-8-6-5-7-9-14/h3,13-14H,1,4-12H2,2H3,(H,19,22). The molecule has 7 heteroatoms. The number of carbonyl (C=O) groups is 3. The van der Waals surface area contributed by atoms with Crippen molar-refractivity contribution in [3.05, 3.63) is 12.7 Å². The lowest BCUT2D eigenvalue weighted by Gasteiger charge is -2.22. The Balaban J connectivity index is 1.69. The lowest BCUT2D eigenvalue weighted by molar-refractivity contribution is -0.165. The van der Waals surface area contributed by atoms with Gasteiger partial charge in [-0.05, 0) is 26.2 Å². The molecule has 25 heavy (non-hydrogen) atoms. The van der Waals surface area contributed by atoms with Crippen LogP contribution in [-0.4, -0.2) is 43.9 Å². The van der Waals surface area contributed by atoms with Crippen LogP contribution in [0.1, 0.15) is 45.4 Å². The van der Waals surface area contributed by atoms with E-state index in [9.17, 15) is 14.4 Å². The summed E-state index contributed by atoms with van der Waals surface area (Å²) < 4.78 is 15.1. The Morgan fingerprint density at radius 3 is 2.32 bits per heavy atom. The first-order valence-corrected chi connectivity index (χ1v) is 8.95. The van der Waals surface area contributed by atoms with Gasteiger partial charge < -0.3 is 19.5 Å². The summed E-state index contributed by atoms with van der Waals surface area (Å²) in [6.07, 6.45) is 6.77. The summed E-state index contributed by atoms with van der Waals surface area (Å²) in [5.74, 6) is -1.50. The molecule has 0 radical (unpaired) electrons. The predicted octanol–water partition coefficient (Wildman–Crippen LogP) is 2.34. The average Bonchev–Trinajstić information content (AvgIpc) is 3.36. The van der Waals surface area contributed by atoms with Gasteiger partial charge in [-0.15, -0.1) is 6.58 Å². The molecule has 0 bridgehead atoms. The van der Waals surface area contributed by atoms with Crippen molar-refractivity contribution in [2.24, 2.45) is 11.3 Å². The highest BCUT2D eigenvalue weighted by Gasteiger charge is 2.67. The molecule has 2 aliphatic rings. The summed E-state index contributed by atoms with van der Waals surface area (Å²) in [6.45, 7) is 5.35. The van der Waals surface area contributed by atoms with Gasteiger partial charge in [0.1, 0.15) is 13.2 Å². The summed E-state index contributed by atoms with van der Waals surface area (Å²) in [6, 6.07) is 0.163. The number of hydrogen-bond acceptors (Lipinski definition) is 6. The first kappa shape index (κ1) is 19.3. The molecule has 7 nitrogen and oxygen atoms in total. The van der Waals surface area contributed by atoms with E-state index in [0.717, 1.165) is 25.7 Å². The average molecular weight is 353 g/mol. The molecule has 2 unspecified atom stereocenters. The topological polar surface area (TPSA) is 90.9 Å². The number of carbonyl (C=O) groups excluding carboxylic acids is 3. The number of ether oxygens (including phenoxy) is 3. The highest BCUT2D eigenvalue weighted by Crippen LogP contribution is 2.55. The van der Waals surface area contributed by atoms with E-state index in [1.54, 1.807) is 13.0 Å². The van der Waals surface area contributed by atoms with E-state index in [4.69, 9.17) is 14.2 Å². The Hall–Kier alpha value is -2.05. The van der Waals surface area contributed by atoms with E-state index in [1.807, 2.05) is 0 Å². The monoisotopic (exact) mass is 353 g/mol. The van der Waals surface area contributed by atoms with Crippen molar-refractivity contribution >= 4 is 18.0 Å². The summed E-state index contributed by atoms with van der Waals surface area (Å²) in [5, 5.41) is 2.81. The van der Waals surface area contributed by atoms with Gasteiger partial charge in [-0.1, -0.05) is 25.3 Å². The van der Waals surface area contributed by atoms with Gasteiger partial charge in [-0.3, -0.25) is 9.59 Å². The van der Waals surface area contributed by atoms with Crippen LogP contribution in [0.15, 0.2) is 12.7 Å². The lowest BCUT2D eigenvalue weighted by Crippen LogP contribution is -2.37. The van der Waals surface area contributed by atoms with Crippen molar-refractivity contribution in [1.82, 2.24) is 5.32 Å². The third kappa shape index (κ3) is 4.74. The quantitative estimate of drug-likeness (QED) is 0.237. The molecular weight excluding hydrogens is 326 g/mol. The zero-order chi connectivity index (χ0) is 18.3. The van der Waals surface area contributed by atoms with Gasteiger partial charge in [0, 0.05) is 12.0 Å². The fourth-order valence-corrected chi connectivity index (χ4v) is 3.24. The minimum absolute atomic E-state index is 0.0536. The maximum Gasteiger partial charge on any atom is 0.407 e. The number of allylic oxidation sites excluding steroid dienone is 1. The highest BCUT2D eigenvalue weighted by molar-refractivity contribution is 6.04. The number of esters is 2. The first-order chi connectivity index (χ1) is 12.0. The third-order valence-corrected chi connectivity index (χ3v) is 4.78. The van der Waals surface area contributed by atoms with Gasteiger partial charge in [-0.2, -0.15) is 0 Å². The second-order valence-corrected chi connectivity index (χ2v) is 6.49. The van der Waals surface area contributed by atoms with E-state index in [2.05, 4.69) is 11.9 Å². The summed E-state index contributed by atoms with van der Waals surface area (Å²) >= 11 is 0. The van der Waals surface area contributed by atoms with Crippen molar-refractivity contribution in [3.8, 4) is 0 Å². The largest absolute Gasteiger partial charge is 0.465 e. The van der Waals surface area contributed by atoms with E-state index < -0.39 is 23.4 Å². The fourth-order valence-electron chi connectivity index (χ4n) is 3.24. The van der Waals surface area contributed by atoms with Gasteiger partial charge in [0.05, 0.1) is 6.61 Å². The van der Waals surface area contributed by atoms with Gasteiger partial charge >= 0.3 is 18.0 Å². The van der Waals surface area contributed by atoms with Crippen molar-refractivity contribution in [1.29, 1.82) is 0 Å². The second kappa shape index (κ2) is 8.87. The number of rotatable bonds is 8. The second-order valence-electron chi connectivity index (χ2n) is 6.49. The molecule has 2 saturated carbocycles. The van der Waals surface area contributed by atoms with Gasteiger partial charge in [0.25, 0.3) is 0 Å². The summed E-state index contributed by atoms with van der Waals surface area (Å²) in [4.78, 5) is 36.0. The number of nitrogens with one attached hydrogen (secondary N) is 1. The van der Waals surface area contributed by atoms with E-state index in [0.29, 0.717) is 6.42 Å². The molecule has 0 aromatic rings. The molecule has 0 spiro atoms. The molecule has 2 aliphatic carbocycles. The van der Waals surface area contributed by atoms with Crippen LogP contribution in [-0.2, 0) is 23.8 Å². The Bertz CT molecular complexity index is 514. The van der Waals surface area contributed by atoms with Crippen LogP contribution >= 0.6 is 0 Å². The van der Waals surface area contributed by atoms with Crippen molar-refractivity contribution in [3.63, 3.8) is 0 Å². The van der Waals surface area contributed by atoms with Crippen molar-refractivity contribution in [2.45, 2.75) is 51.5 Å². The van der Waals surface area contributed by atoms with Crippen LogP contribution in [0.5, 0.6) is 0 Å². The molecule has 2 atom stereocenters. The van der Waals surface area contributed by atoms with Gasteiger partial charge in [0.2, 0.25) is 0 Å². The molecule has 2 fully saturated rings. The van der Waals surface area contributed by atoms with Crippen molar-refractivity contribution in [2.75, 3.05) is 19.8 Å². The molecule has 2 rings (SSSR count). The van der Waals surface area contributed by atoms with Crippen LogP contribution in [0, 0.1) is 11.3 Å². The Labute approximate surface area is 148 Å². The van der Waals surface area contributed by atoms with Gasteiger partial charge in [0.15, 0.2) is 5.41 Å². The molecule has 0 aromatic heterocycles. The van der Waals surface area contributed by atoms with Crippen LogP contribution < -0.4 is 5.32 Å². The number of hydrogen-bond donors (Lipinski definition) is 1. The SMILES string of the molecule is C=CC1CC1(C(=O)OCC)C(=O)OCCOC(=O)NC1CCCCC1. The van der Waals surface area contributed by atoms with Crippen LogP contribution in [0.3, 0.4) is 0 Å². The fraction of sp³-hybridized carbons (Fsp3) is 0.722. The molecule has 140 valence electrons. The molecule has 0 heterocycles. The molecule has 1 N–H and O–H groups in total. The minimum Gasteiger partial charge on any atom is -0.465 e. The summed E-state index contributed by atoms with van der Waals surface area (Å²) in [7, 11) is 0. The van der Waals surface area contributed by atoms with Crippen LogP contribution in [0.25, 0.3) is 0 Å². The molecule has 1 amide bonds. The number of amides is 1. The first-order valence-electron chi connectivity index (χ1n) is 8.95. The minimum atomic E-state index is -1.28. The van der Waals surface area contributed by atoms with Crippen LogP contribution in [0.2, 0.25) is 0 Å². The summed E-state index contributed by atoms with van der Waals surface area (Å²) in [5.41, 5.74) is -1.28. The molecule has 0 aromatic carbocycles. The maximum atomic E-state index is 12.2. The lowest BCUT2D eigenvalue weighted by atomic mass is 9.96. The Kier molecular flexibility index (Phi) is 6.84. The number of alkyl carbamates (subject to hydrolysis) is 1. The normalized spacial score (nSPS) is 25.6. The smallest absolute Gasteiger partial charge is 0.407 e. The zero-order valence-electron chi connectivity index (χ0n) is 14.8. The highest BCUT2D eigenvalue weighted by atomic mass is 16.6. The maximum absolute atomic E-state index is 12.2.